The van der Waals surface area contributed by atoms with E-state index in [2.05, 4.69) is 5.32 Å². The number of nitro groups is 1. The zero-order valence-electron chi connectivity index (χ0n) is 9.45. The number of hydrogen-bond acceptors (Lipinski definition) is 4. The highest BCUT2D eigenvalue weighted by atomic mass is 19.1. The first kappa shape index (κ1) is 12.7. The molecule has 7 heteroatoms. The first-order chi connectivity index (χ1) is 8.47. The van der Waals surface area contributed by atoms with Gasteiger partial charge in [-0.15, -0.1) is 0 Å². The van der Waals surface area contributed by atoms with Crippen molar-refractivity contribution in [3.05, 3.63) is 33.9 Å². The summed E-state index contributed by atoms with van der Waals surface area (Å²) < 4.78 is 27.0. The number of non-ortho nitro benzene ring substituents is 1. The van der Waals surface area contributed by atoms with Crippen molar-refractivity contribution in [2.45, 2.75) is 12.8 Å². The summed E-state index contributed by atoms with van der Waals surface area (Å²) in [6, 6.07) is 1.34. The molecule has 0 aromatic heterocycles. The van der Waals surface area contributed by atoms with Crippen molar-refractivity contribution in [1.82, 2.24) is 0 Å². The molecule has 18 heavy (non-hydrogen) atoms. The average molecular weight is 258 g/mol. The van der Waals surface area contributed by atoms with Gasteiger partial charge in [0.15, 0.2) is 11.6 Å². The number of halogens is 2. The molecule has 1 aromatic rings. The van der Waals surface area contributed by atoms with Crippen LogP contribution in [0.15, 0.2) is 12.1 Å². The van der Waals surface area contributed by atoms with Crippen LogP contribution in [-0.2, 0) is 0 Å². The number of anilines is 1. The fourth-order valence-corrected chi connectivity index (χ4v) is 1.68. The topological polar surface area (TPSA) is 75.4 Å². The second kappa shape index (κ2) is 4.49. The monoisotopic (exact) mass is 258 g/mol. The number of nitrogens with one attached hydrogen (secondary N) is 1. The van der Waals surface area contributed by atoms with Gasteiger partial charge in [-0.1, -0.05) is 0 Å². The van der Waals surface area contributed by atoms with Crippen LogP contribution in [0, 0.1) is 27.2 Å². The minimum Gasteiger partial charge on any atom is -0.396 e. The summed E-state index contributed by atoms with van der Waals surface area (Å²) in [5.41, 5.74) is -1.32. The Morgan fingerprint density at radius 3 is 2.33 bits per heavy atom. The molecule has 0 aliphatic heterocycles. The molecule has 1 fully saturated rings. The number of nitrogens with zero attached hydrogens (tertiary/aromatic N) is 1. The second-order valence-corrected chi connectivity index (χ2v) is 4.55. The highest BCUT2D eigenvalue weighted by molar-refractivity contribution is 5.51. The van der Waals surface area contributed by atoms with Crippen LogP contribution in [0.4, 0.5) is 20.2 Å². The van der Waals surface area contributed by atoms with Gasteiger partial charge >= 0.3 is 0 Å². The Bertz CT molecular complexity index is 466. The van der Waals surface area contributed by atoms with E-state index in [1.54, 1.807) is 0 Å². The first-order valence-corrected chi connectivity index (χ1v) is 5.46. The van der Waals surface area contributed by atoms with Crippen LogP contribution in [0.2, 0.25) is 0 Å². The second-order valence-electron chi connectivity index (χ2n) is 4.55. The molecule has 0 amide bonds. The van der Waals surface area contributed by atoms with Crippen molar-refractivity contribution in [3.63, 3.8) is 0 Å². The lowest BCUT2D eigenvalue weighted by Gasteiger charge is -2.14. The number of nitro benzene ring substituents is 1. The third kappa shape index (κ3) is 2.40. The smallest absolute Gasteiger partial charge is 0.275 e. The normalized spacial score (nSPS) is 16.4. The molecule has 2 rings (SSSR count). The van der Waals surface area contributed by atoms with Gasteiger partial charge in [0.2, 0.25) is 0 Å². The lowest BCUT2D eigenvalue weighted by molar-refractivity contribution is -0.385. The quantitative estimate of drug-likeness (QED) is 0.626. The highest BCUT2D eigenvalue weighted by Crippen LogP contribution is 2.45. The molecule has 1 aliphatic carbocycles. The predicted molar refractivity (Wildman–Crippen MR) is 60.3 cm³/mol. The van der Waals surface area contributed by atoms with Crippen molar-refractivity contribution < 1.29 is 18.8 Å². The van der Waals surface area contributed by atoms with Gasteiger partial charge in [-0.3, -0.25) is 10.1 Å². The molecular weight excluding hydrogens is 246 g/mol. The predicted octanol–water partition coefficient (Wildman–Crippen LogP) is 2.06. The summed E-state index contributed by atoms with van der Waals surface area (Å²) >= 11 is 0. The van der Waals surface area contributed by atoms with E-state index in [1.165, 1.54) is 0 Å². The Hall–Kier alpha value is -1.76. The zero-order chi connectivity index (χ0) is 13.3. The van der Waals surface area contributed by atoms with Crippen LogP contribution < -0.4 is 5.32 Å². The maximum absolute atomic E-state index is 13.5. The zero-order valence-corrected chi connectivity index (χ0v) is 9.45. The maximum atomic E-state index is 13.5. The lowest BCUT2D eigenvalue weighted by Crippen LogP contribution is -2.20. The van der Waals surface area contributed by atoms with E-state index in [9.17, 15) is 18.9 Å². The molecule has 98 valence electrons. The molecule has 0 spiro atoms. The lowest BCUT2D eigenvalue weighted by atomic mass is 10.1. The van der Waals surface area contributed by atoms with Gasteiger partial charge in [0, 0.05) is 12.0 Å². The van der Waals surface area contributed by atoms with E-state index in [4.69, 9.17) is 5.11 Å². The molecule has 1 aliphatic rings. The Morgan fingerprint density at radius 1 is 1.39 bits per heavy atom. The Kier molecular flexibility index (Phi) is 3.16. The SMILES string of the molecule is O=[N+]([O-])c1cc(F)c(NCC2(CO)CC2)c(F)c1. The molecule has 0 unspecified atom stereocenters. The summed E-state index contributed by atoms with van der Waals surface area (Å²) in [4.78, 5) is 9.55. The highest BCUT2D eigenvalue weighted by Gasteiger charge is 2.42. The van der Waals surface area contributed by atoms with E-state index in [1.807, 2.05) is 0 Å². The number of rotatable bonds is 5. The average Bonchev–Trinajstić information content (AvgIpc) is 3.08. The van der Waals surface area contributed by atoms with Crippen LogP contribution in [0.5, 0.6) is 0 Å². The van der Waals surface area contributed by atoms with E-state index in [0.29, 0.717) is 12.1 Å². The summed E-state index contributed by atoms with van der Waals surface area (Å²) in [6.45, 7) is 0.200. The van der Waals surface area contributed by atoms with E-state index >= 15 is 0 Å². The molecule has 2 N–H and O–H groups in total. The molecule has 0 heterocycles. The van der Waals surface area contributed by atoms with E-state index < -0.39 is 22.2 Å². The third-order valence-corrected chi connectivity index (χ3v) is 3.17. The fraction of sp³-hybridized carbons (Fsp3) is 0.455. The Balaban J connectivity index is 2.15. The molecule has 1 aromatic carbocycles. The molecular formula is C11H12F2N2O3. The van der Waals surface area contributed by atoms with Crippen LogP contribution in [0.25, 0.3) is 0 Å². The fourth-order valence-electron chi connectivity index (χ4n) is 1.68. The number of aliphatic hydroxyl groups excluding tert-OH is 1. The van der Waals surface area contributed by atoms with Gasteiger partial charge in [-0.2, -0.15) is 0 Å². The molecule has 0 saturated heterocycles. The Morgan fingerprint density at radius 2 is 1.94 bits per heavy atom. The van der Waals surface area contributed by atoms with Crippen LogP contribution in [0.3, 0.4) is 0 Å². The number of aliphatic hydroxyl groups is 1. The van der Waals surface area contributed by atoms with Crippen molar-refractivity contribution in [3.8, 4) is 0 Å². The van der Waals surface area contributed by atoms with Crippen molar-refractivity contribution in [2.75, 3.05) is 18.5 Å². The van der Waals surface area contributed by atoms with Gasteiger partial charge in [-0.05, 0) is 12.8 Å². The molecule has 0 atom stereocenters. The van der Waals surface area contributed by atoms with Gasteiger partial charge in [0.05, 0.1) is 23.7 Å². The molecule has 1 saturated carbocycles. The van der Waals surface area contributed by atoms with Gasteiger partial charge in [0.25, 0.3) is 5.69 Å². The maximum Gasteiger partial charge on any atom is 0.275 e. The largest absolute Gasteiger partial charge is 0.396 e. The van der Waals surface area contributed by atoms with Crippen LogP contribution in [0.1, 0.15) is 12.8 Å². The number of hydrogen-bond donors (Lipinski definition) is 2. The summed E-state index contributed by atoms with van der Waals surface area (Å²) in [6.07, 6.45) is 1.60. The standard InChI is InChI=1S/C11H12F2N2O3/c12-8-3-7(15(17)18)4-9(13)10(8)14-5-11(6-16)1-2-11/h3-4,14,16H,1-2,5-6H2. The molecule has 0 bridgehead atoms. The summed E-state index contributed by atoms with van der Waals surface area (Å²) in [7, 11) is 0. The third-order valence-electron chi connectivity index (χ3n) is 3.17. The van der Waals surface area contributed by atoms with Crippen molar-refractivity contribution in [2.24, 2.45) is 5.41 Å². The van der Waals surface area contributed by atoms with Crippen molar-refractivity contribution in [1.29, 1.82) is 0 Å². The minimum atomic E-state index is -1.00. The summed E-state index contributed by atoms with van der Waals surface area (Å²) in [5.74, 6) is -2.01. The molecule has 5 nitrogen and oxygen atoms in total. The van der Waals surface area contributed by atoms with Gasteiger partial charge < -0.3 is 10.4 Å². The minimum absolute atomic E-state index is 0.0454. The first-order valence-electron chi connectivity index (χ1n) is 5.46. The summed E-state index contributed by atoms with van der Waals surface area (Å²) in [5, 5.41) is 22.1. The number of benzene rings is 1. The van der Waals surface area contributed by atoms with E-state index in [-0.39, 0.29) is 24.3 Å². The Labute approximate surface area is 102 Å². The van der Waals surface area contributed by atoms with Crippen LogP contribution in [-0.4, -0.2) is 23.2 Å². The molecule has 0 radical (unpaired) electrons. The van der Waals surface area contributed by atoms with Crippen molar-refractivity contribution >= 4 is 11.4 Å². The van der Waals surface area contributed by atoms with E-state index in [0.717, 1.165) is 12.8 Å². The van der Waals surface area contributed by atoms with Gasteiger partial charge in [0.1, 0.15) is 5.69 Å². The van der Waals surface area contributed by atoms with Crippen LogP contribution >= 0.6 is 0 Å². The van der Waals surface area contributed by atoms with Gasteiger partial charge in [-0.25, -0.2) is 8.78 Å².